The van der Waals surface area contributed by atoms with E-state index in [0.717, 1.165) is 4.34 Å². The highest BCUT2D eigenvalue weighted by Crippen LogP contribution is 2.49. The van der Waals surface area contributed by atoms with Crippen LogP contribution in [0, 0.1) is 11.3 Å². The van der Waals surface area contributed by atoms with Crippen molar-refractivity contribution in [1.82, 2.24) is 5.43 Å². The zero-order chi connectivity index (χ0) is 11.8. The fourth-order valence-electron chi connectivity index (χ4n) is 2.86. The van der Waals surface area contributed by atoms with E-state index in [4.69, 9.17) is 17.4 Å². The van der Waals surface area contributed by atoms with Crippen LogP contribution in [0.2, 0.25) is 4.34 Å². The second-order valence-electron chi connectivity index (χ2n) is 5.27. The van der Waals surface area contributed by atoms with E-state index in [0.29, 0.717) is 11.3 Å². The molecule has 0 bridgehead atoms. The molecule has 1 aromatic heterocycles. The molecule has 0 radical (unpaired) electrons. The Morgan fingerprint density at radius 1 is 1.56 bits per heavy atom. The minimum absolute atomic E-state index is 0.245. The summed E-state index contributed by atoms with van der Waals surface area (Å²) in [6, 6.07) is 4.29. The Bertz CT molecular complexity index is 362. The van der Waals surface area contributed by atoms with Crippen molar-refractivity contribution < 1.29 is 0 Å². The molecule has 0 amide bonds. The Hall–Kier alpha value is -0.0900. The summed E-state index contributed by atoms with van der Waals surface area (Å²) in [5.41, 5.74) is 3.35. The van der Waals surface area contributed by atoms with E-state index < -0.39 is 0 Å². The summed E-state index contributed by atoms with van der Waals surface area (Å²) < 4.78 is 0.839. The fourth-order valence-corrected chi connectivity index (χ4v) is 4.05. The number of hydrazine groups is 1. The number of thiophene rings is 1. The number of rotatable bonds is 3. The summed E-state index contributed by atoms with van der Waals surface area (Å²) in [5, 5.41) is 0. The van der Waals surface area contributed by atoms with Gasteiger partial charge < -0.3 is 0 Å². The minimum atomic E-state index is 0.245. The minimum Gasteiger partial charge on any atom is -0.271 e. The lowest BCUT2D eigenvalue weighted by Crippen LogP contribution is -2.37. The first-order valence-electron chi connectivity index (χ1n) is 5.76. The third-order valence-corrected chi connectivity index (χ3v) is 5.14. The summed E-state index contributed by atoms with van der Waals surface area (Å²) in [6.07, 6.45) is 3.83. The molecule has 0 spiro atoms. The highest BCUT2D eigenvalue weighted by atomic mass is 35.5. The first-order valence-corrected chi connectivity index (χ1v) is 6.95. The lowest BCUT2D eigenvalue weighted by molar-refractivity contribution is 0.200. The molecule has 1 saturated carbocycles. The van der Waals surface area contributed by atoms with Crippen LogP contribution in [0.5, 0.6) is 0 Å². The Morgan fingerprint density at radius 2 is 2.31 bits per heavy atom. The maximum atomic E-state index is 5.99. The number of nitrogens with two attached hydrogens (primary N) is 1. The smallest absolute Gasteiger partial charge is 0.0931 e. The van der Waals surface area contributed by atoms with Crippen LogP contribution in [0.1, 0.15) is 44.0 Å². The average Bonchev–Trinajstić information content (AvgIpc) is 2.76. The molecule has 2 unspecified atom stereocenters. The first kappa shape index (κ1) is 12.4. The molecular formula is C12H19ClN2S. The Labute approximate surface area is 106 Å². The molecule has 16 heavy (non-hydrogen) atoms. The lowest BCUT2D eigenvalue weighted by Gasteiger charge is -2.33. The van der Waals surface area contributed by atoms with E-state index in [9.17, 15) is 0 Å². The molecule has 1 aromatic rings. The first-order chi connectivity index (χ1) is 7.54. The zero-order valence-corrected chi connectivity index (χ0v) is 11.4. The maximum Gasteiger partial charge on any atom is 0.0931 e. The molecule has 1 heterocycles. The summed E-state index contributed by atoms with van der Waals surface area (Å²) in [6.45, 7) is 4.68. The van der Waals surface area contributed by atoms with Gasteiger partial charge in [0.25, 0.3) is 0 Å². The normalized spacial score (nSPS) is 25.9. The van der Waals surface area contributed by atoms with Crippen LogP contribution in [0.15, 0.2) is 12.1 Å². The van der Waals surface area contributed by atoms with Crippen molar-refractivity contribution in [3.05, 3.63) is 21.3 Å². The molecule has 1 aliphatic carbocycles. The van der Waals surface area contributed by atoms with Gasteiger partial charge in [-0.2, -0.15) is 0 Å². The molecule has 4 heteroatoms. The molecular weight excluding hydrogens is 240 g/mol. The van der Waals surface area contributed by atoms with Gasteiger partial charge >= 0.3 is 0 Å². The van der Waals surface area contributed by atoms with Crippen LogP contribution in [-0.4, -0.2) is 0 Å². The number of hydrogen-bond donors (Lipinski definition) is 2. The van der Waals surface area contributed by atoms with Gasteiger partial charge in [-0.25, -0.2) is 0 Å². The molecule has 1 aliphatic rings. The van der Waals surface area contributed by atoms with Crippen molar-refractivity contribution in [2.45, 2.75) is 39.2 Å². The van der Waals surface area contributed by atoms with Crippen molar-refractivity contribution in [1.29, 1.82) is 0 Å². The van der Waals surface area contributed by atoms with Crippen LogP contribution in [0.3, 0.4) is 0 Å². The predicted octanol–water partition coefficient (Wildman–Crippen LogP) is 3.73. The van der Waals surface area contributed by atoms with E-state index in [-0.39, 0.29) is 6.04 Å². The summed E-state index contributed by atoms with van der Waals surface area (Å²) >= 11 is 7.62. The summed E-state index contributed by atoms with van der Waals surface area (Å²) in [7, 11) is 0. The summed E-state index contributed by atoms with van der Waals surface area (Å²) in [5.74, 6) is 6.33. The van der Waals surface area contributed by atoms with E-state index in [1.54, 1.807) is 11.3 Å². The van der Waals surface area contributed by atoms with Crippen LogP contribution in [0.4, 0.5) is 0 Å². The third kappa shape index (κ3) is 2.28. The quantitative estimate of drug-likeness (QED) is 0.640. The Balaban J connectivity index is 2.23. The lowest BCUT2D eigenvalue weighted by atomic mass is 9.77. The maximum absolute atomic E-state index is 5.99. The van der Waals surface area contributed by atoms with E-state index in [1.165, 1.54) is 24.1 Å². The van der Waals surface area contributed by atoms with Crippen LogP contribution < -0.4 is 11.3 Å². The molecule has 0 aromatic carbocycles. The average molecular weight is 259 g/mol. The summed E-state index contributed by atoms with van der Waals surface area (Å²) in [4.78, 5) is 1.26. The largest absolute Gasteiger partial charge is 0.271 e. The van der Waals surface area contributed by atoms with Gasteiger partial charge in [-0.05, 0) is 36.3 Å². The molecule has 2 atom stereocenters. The van der Waals surface area contributed by atoms with E-state index >= 15 is 0 Å². The van der Waals surface area contributed by atoms with Gasteiger partial charge in [-0.15, -0.1) is 11.3 Å². The van der Waals surface area contributed by atoms with Gasteiger partial charge in [0, 0.05) is 4.88 Å². The molecule has 3 N–H and O–H groups in total. The van der Waals surface area contributed by atoms with E-state index in [2.05, 4.69) is 25.3 Å². The Morgan fingerprint density at radius 3 is 2.75 bits per heavy atom. The molecule has 0 aliphatic heterocycles. The van der Waals surface area contributed by atoms with Gasteiger partial charge in [-0.1, -0.05) is 31.9 Å². The molecule has 90 valence electrons. The monoisotopic (exact) mass is 258 g/mol. The van der Waals surface area contributed by atoms with Gasteiger partial charge in [0.1, 0.15) is 0 Å². The van der Waals surface area contributed by atoms with E-state index in [1.807, 2.05) is 6.07 Å². The molecule has 1 fully saturated rings. The van der Waals surface area contributed by atoms with Crippen molar-refractivity contribution in [2.75, 3.05) is 0 Å². The number of nitrogens with one attached hydrogen (secondary N) is 1. The second-order valence-corrected chi connectivity index (χ2v) is 7.02. The SMILES string of the molecule is CC1(C)CCCC1C(NN)c1ccc(Cl)s1. The van der Waals surface area contributed by atoms with Crippen molar-refractivity contribution in [3.8, 4) is 0 Å². The van der Waals surface area contributed by atoms with Gasteiger partial charge in [0.15, 0.2) is 0 Å². The van der Waals surface area contributed by atoms with Gasteiger partial charge in [0.2, 0.25) is 0 Å². The molecule has 0 saturated heterocycles. The molecule has 2 nitrogen and oxygen atoms in total. The van der Waals surface area contributed by atoms with Crippen LogP contribution in [0.25, 0.3) is 0 Å². The van der Waals surface area contributed by atoms with Gasteiger partial charge in [-0.3, -0.25) is 11.3 Å². The molecule has 2 rings (SSSR count). The predicted molar refractivity (Wildman–Crippen MR) is 70.5 cm³/mol. The topological polar surface area (TPSA) is 38.0 Å². The third-order valence-electron chi connectivity index (χ3n) is 3.82. The van der Waals surface area contributed by atoms with Crippen molar-refractivity contribution in [2.24, 2.45) is 17.2 Å². The fraction of sp³-hybridized carbons (Fsp3) is 0.667. The zero-order valence-electron chi connectivity index (χ0n) is 9.79. The van der Waals surface area contributed by atoms with Crippen molar-refractivity contribution >= 4 is 22.9 Å². The standard InChI is InChI=1S/C12H19ClN2S/c1-12(2)7-3-4-8(12)11(15-14)9-5-6-10(13)16-9/h5-6,8,11,15H,3-4,7,14H2,1-2H3. The number of halogens is 1. The van der Waals surface area contributed by atoms with Crippen molar-refractivity contribution in [3.63, 3.8) is 0 Å². The highest BCUT2D eigenvalue weighted by Gasteiger charge is 2.40. The Kier molecular flexibility index (Phi) is 3.59. The second kappa shape index (κ2) is 4.65. The number of hydrogen-bond acceptors (Lipinski definition) is 3. The van der Waals surface area contributed by atoms with Gasteiger partial charge in [0.05, 0.1) is 10.4 Å². The van der Waals surface area contributed by atoms with Crippen LogP contribution in [-0.2, 0) is 0 Å². The highest BCUT2D eigenvalue weighted by molar-refractivity contribution is 7.16. The van der Waals surface area contributed by atoms with Crippen LogP contribution >= 0.6 is 22.9 Å².